The number of piperazine rings is 1. The summed E-state index contributed by atoms with van der Waals surface area (Å²) in [6.45, 7) is 8.41. The van der Waals surface area contributed by atoms with Crippen molar-refractivity contribution in [2.45, 2.75) is 25.4 Å². The fourth-order valence-electron chi connectivity index (χ4n) is 4.78. The Labute approximate surface area is 162 Å². The molecule has 1 aromatic carbocycles. The monoisotopic (exact) mass is 372 g/mol. The zero-order chi connectivity index (χ0) is 18.6. The molecule has 4 heterocycles. The van der Waals surface area contributed by atoms with Crippen LogP contribution in [-0.2, 0) is 11.3 Å². The highest BCUT2D eigenvalue weighted by Gasteiger charge is 2.36. The number of hydrogen-bond acceptors (Lipinski definition) is 5. The summed E-state index contributed by atoms with van der Waals surface area (Å²) < 4.78 is 5.26. The van der Waals surface area contributed by atoms with E-state index in [1.54, 1.807) is 7.11 Å². The third-order valence-electron chi connectivity index (χ3n) is 6.28. The topological polar surface area (TPSA) is 48.1 Å². The van der Waals surface area contributed by atoms with Crippen LogP contribution < -0.4 is 10.1 Å². The van der Waals surface area contributed by atoms with Crippen LogP contribution in [0.25, 0.3) is 0 Å². The lowest BCUT2D eigenvalue weighted by atomic mass is 9.95. The standard InChI is InChI=1S/C21H32N4O2/c1-27-20-6-3-17(4-7-20)12-23-13-18-2-5-19(15-23)25(14-18)16-21(26)24-10-8-22-9-11-24/h3-4,6-7,18-19,22H,2,5,8-16H2,1H3/t18-,19+/m0/s1. The number of carbonyl (C=O) groups excluding carboxylic acids is 1. The third-order valence-corrected chi connectivity index (χ3v) is 6.28. The minimum Gasteiger partial charge on any atom is -0.497 e. The molecule has 2 atom stereocenters. The van der Waals surface area contributed by atoms with Crippen molar-refractivity contribution in [3.63, 3.8) is 0 Å². The summed E-state index contributed by atoms with van der Waals surface area (Å²) in [6.07, 6.45) is 2.51. The van der Waals surface area contributed by atoms with E-state index in [0.29, 0.717) is 24.4 Å². The number of nitrogens with zero attached hydrogens (tertiary/aromatic N) is 3. The molecule has 4 saturated heterocycles. The average Bonchev–Trinajstić information content (AvgIpc) is 3.00. The van der Waals surface area contributed by atoms with E-state index >= 15 is 0 Å². The molecule has 6 heteroatoms. The van der Waals surface area contributed by atoms with Crippen LogP contribution in [-0.4, -0.2) is 86.1 Å². The van der Waals surface area contributed by atoms with Crippen LogP contribution in [0.2, 0.25) is 0 Å². The molecule has 0 unspecified atom stereocenters. The fraction of sp³-hybridized carbons (Fsp3) is 0.667. The van der Waals surface area contributed by atoms with Crippen molar-refractivity contribution >= 4 is 5.91 Å². The van der Waals surface area contributed by atoms with Crippen molar-refractivity contribution in [2.24, 2.45) is 5.92 Å². The van der Waals surface area contributed by atoms with E-state index in [1.807, 2.05) is 17.0 Å². The van der Waals surface area contributed by atoms with Crippen molar-refractivity contribution in [3.8, 4) is 5.75 Å². The molecule has 5 rings (SSSR count). The van der Waals surface area contributed by atoms with Crippen molar-refractivity contribution in [1.29, 1.82) is 0 Å². The Bertz CT molecular complexity index is 630. The van der Waals surface area contributed by atoms with Gasteiger partial charge in [0, 0.05) is 58.4 Å². The largest absolute Gasteiger partial charge is 0.497 e. The maximum Gasteiger partial charge on any atom is 0.236 e. The zero-order valence-corrected chi connectivity index (χ0v) is 16.4. The highest BCUT2D eigenvalue weighted by atomic mass is 16.5. The van der Waals surface area contributed by atoms with Gasteiger partial charge in [0.1, 0.15) is 5.75 Å². The fourth-order valence-corrected chi connectivity index (χ4v) is 4.78. The summed E-state index contributed by atoms with van der Waals surface area (Å²) in [5.74, 6) is 1.90. The van der Waals surface area contributed by atoms with Gasteiger partial charge in [0.25, 0.3) is 0 Å². The van der Waals surface area contributed by atoms with E-state index in [-0.39, 0.29) is 0 Å². The predicted molar refractivity (Wildman–Crippen MR) is 106 cm³/mol. The van der Waals surface area contributed by atoms with Gasteiger partial charge in [-0.3, -0.25) is 14.6 Å². The van der Waals surface area contributed by atoms with Crippen molar-refractivity contribution < 1.29 is 9.53 Å². The van der Waals surface area contributed by atoms with E-state index < -0.39 is 0 Å². The average molecular weight is 373 g/mol. The number of methoxy groups -OCH3 is 1. The number of rotatable bonds is 5. The van der Waals surface area contributed by atoms with Crippen LogP contribution in [0, 0.1) is 5.92 Å². The van der Waals surface area contributed by atoms with Gasteiger partial charge >= 0.3 is 0 Å². The van der Waals surface area contributed by atoms with E-state index in [2.05, 4.69) is 27.2 Å². The van der Waals surface area contributed by atoms with Crippen LogP contribution in [0.5, 0.6) is 5.75 Å². The van der Waals surface area contributed by atoms with Crippen LogP contribution >= 0.6 is 0 Å². The van der Waals surface area contributed by atoms with Gasteiger partial charge in [-0.1, -0.05) is 12.1 Å². The van der Waals surface area contributed by atoms with E-state index in [0.717, 1.165) is 58.1 Å². The van der Waals surface area contributed by atoms with E-state index in [9.17, 15) is 4.79 Å². The molecule has 6 nitrogen and oxygen atoms in total. The maximum absolute atomic E-state index is 12.7. The lowest BCUT2D eigenvalue weighted by Gasteiger charge is -2.37. The molecule has 0 spiro atoms. The summed E-state index contributed by atoms with van der Waals surface area (Å²) in [6, 6.07) is 8.92. The molecular formula is C21H32N4O2. The van der Waals surface area contributed by atoms with Gasteiger partial charge in [-0.25, -0.2) is 0 Å². The Hall–Kier alpha value is -1.63. The Kier molecular flexibility index (Phi) is 5.95. The molecule has 4 aliphatic rings. The first-order valence-electron chi connectivity index (χ1n) is 10.3. The van der Waals surface area contributed by atoms with Gasteiger partial charge in [0.2, 0.25) is 5.91 Å². The summed E-state index contributed by atoms with van der Waals surface area (Å²) >= 11 is 0. The SMILES string of the molecule is COc1ccc(CN2C[C@@H]3CC[C@H](C2)N(CC(=O)N2CCNCC2)C3)cc1. The molecule has 0 aliphatic carbocycles. The van der Waals surface area contributed by atoms with E-state index in [4.69, 9.17) is 4.74 Å². The third kappa shape index (κ3) is 4.62. The van der Waals surface area contributed by atoms with Gasteiger partial charge in [-0.2, -0.15) is 0 Å². The van der Waals surface area contributed by atoms with Gasteiger partial charge in [-0.15, -0.1) is 0 Å². The van der Waals surface area contributed by atoms with Gasteiger partial charge < -0.3 is 15.0 Å². The zero-order valence-electron chi connectivity index (χ0n) is 16.4. The van der Waals surface area contributed by atoms with E-state index in [1.165, 1.54) is 18.4 Å². The Morgan fingerprint density at radius 3 is 2.63 bits per heavy atom. The number of benzene rings is 1. The predicted octanol–water partition coefficient (Wildman–Crippen LogP) is 1.02. The highest BCUT2D eigenvalue weighted by molar-refractivity contribution is 5.78. The van der Waals surface area contributed by atoms with Crippen LogP contribution in [0.15, 0.2) is 24.3 Å². The molecule has 27 heavy (non-hydrogen) atoms. The van der Waals surface area contributed by atoms with Crippen molar-refractivity contribution in [1.82, 2.24) is 20.0 Å². The second-order valence-corrected chi connectivity index (χ2v) is 8.20. The molecule has 0 aromatic heterocycles. The smallest absolute Gasteiger partial charge is 0.236 e. The minimum absolute atomic E-state index is 0.311. The second kappa shape index (κ2) is 8.59. The van der Waals surface area contributed by atoms with Gasteiger partial charge in [0.05, 0.1) is 13.7 Å². The normalized spacial score (nSPS) is 26.8. The number of ether oxygens (including phenoxy) is 1. The molecule has 4 aliphatic heterocycles. The van der Waals surface area contributed by atoms with Crippen molar-refractivity contribution in [2.75, 3.05) is 59.5 Å². The van der Waals surface area contributed by atoms with Crippen molar-refractivity contribution in [3.05, 3.63) is 29.8 Å². The lowest BCUT2D eigenvalue weighted by Crippen LogP contribution is -2.53. The summed E-state index contributed by atoms with van der Waals surface area (Å²) in [5.41, 5.74) is 1.33. The quantitative estimate of drug-likeness (QED) is 0.836. The Morgan fingerprint density at radius 2 is 1.89 bits per heavy atom. The number of carbonyl (C=O) groups is 1. The molecule has 2 bridgehead atoms. The number of piperidine rings is 1. The first-order chi connectivity index (χ1) is 13.2. The first kappa shape index (κ1) is 18.7. The Morgan fingerprint density at radius 1 is 1.11 bits per heavy atom. The minimum atomic E-state index is 0.311. The summed E-state index contributed by atoms with van der Waals surface area (Å²) in [4.78, 5) is 19.8. The molecule has 148 valence electrons. The number of fused-ring (bicyclic) bond motifs is 4. The van der Waals surface area contributed by atoms with Crippen LogP contribution in [0.3, 0.4) is 0 Å². The number of amides is 1. The number of nitrogens with one attached hydrogen (secondary N) is 1. The van der Waals surface area contributed by atoms with Crippen LogP contribution in [0.1, 0.15) is 18.4 Å². The van der Waals surface area contributed by atoms with Gasteiger partial charge in [-0.05, 0) is 36.5 Å². The number of hydrogen-bond donors (Lipinski definition) is 1. The maximum atomic E-state index is 12.7. The molecular weight excluding hydrogens is 340 g/mol. The molecule has 0 saturated carbocycles. The summed E-state index contributed by atoms with van der Waals surface area (Å²) in [5, 5.41) is 3.32. The molecule has 1 N–H and O–H groups in total. The molecule has 4 fully saturated rings. The highest BCUT2D eigenvalue weighted by Crippen LogP contribution is 2.29. The first-order valence-corrected chi connectivity index (χ1v) is 10.3. The molecule has 1 amide bonds. The molecule has 1 aromatic rings. The van der Waals surface area contributed by atoms with Crippen LogP contribution in [0.4, 0.5) is 0 Å². The Balaban J connectivity index is 1.35. The lowest BCUT2D eigenvalue weighted by molar-refractivity contribution is -0.134. The second-order valence-electron chi connectivity index (χ2n) is 8.20. The molecule has 0 radical (unpaired) electrons. The summed E-state index contributed by atoms with van der Waals surface area (Å²) in [7, 11) is 1.71. The van der Waals surface area contributed by atoms with Gasteiger partial charge in [0.15, 0.2) is 0 Å².